The first-order valence-corrected chi connectivity index (χ1v) is 12.5. The lowest BCUT2D eigenvalue weighted by Crippen LogP contribution is -2.37. The van der Waals surface area contributed by atoms with Crippen LogP contribution in [0.5, 0.6) is 0 Å². The molecule has 1 N–H and O–H groups in total. The van der Waals surface area contributed by atoms with E-state index >= 15 is 0 Å². The number of nitrogens with one attached hydrogen (secondary N) is 1. The van der Waals surface area contributed by atoms with E-state index in [0.29, 0.717) is 23.3 Å². The van der Waals surface area contributed by atoms with E-state index in [2.05, 4.69) is 5.32 Å². The predicted octanol–water partition coefficient (Wildman–Crippen LogP) is 5.70. The molecule has 0 saturated heterocycles. The van der Waals surface area contributed by atoms with Gasteiger partial charge in [0.15, 0.2) is 4.90 Å². The highest BCUT2D eigenvalue weighted by Crippen LogP contribution is 2.36. The molecule has 13 heteroatoms. The van der Waals surface area contributed by atoms with Crippen LogP contribution in [0.15, 0.2) is 53.4 Å². The highest BCUT2D eigenvalue weighted by Gasteiger charge is 2.35. The molecule has 0 unspecified atom stereocenters. The Labute approximate surface area is 212 Å². The maximum atomic E-state index is 14.2. The number of halogens is 7. The first-order chi connectivity index (χ1) is 17.3. The van der Waals surface area contributed by atoms with Crippen molar-refractivity contribution in [1.82, 2.24) is 4.31 Å². The summed E-state index contributed by atoms with van der Waals surface area (Å²) in [5, 5.41) is 2.66. The van der Waals surface area contributed by atoms with Gasteiger partial charge in [0.05, 0.1) is 22.7 Å². The lowest BCUT2D eigenvalue weighted by molar-refractivity contribution is -0.140. The lowest BCUT2D eigenvalue weighted by Gasteiger charge is -2.30. The van der Waals surface area contributed by atoms with E-state index in [9.17, 15) is 39.6 Å². The summed E-state index contributed by atoms with van der Waals surface area (Å²) in [4.78, 5) is 11.5. The fourth-order valence-corrected chi connectivity index (χ4v) is 5.82. The van der Waals surface area contributed by atoms with Crippen molar-refractivity contribution < 1.29 is 39.6 Å². The zero-order valence-electron chi connectivity index (χ0n) is 18.7. The van der Waals surface area contributed by atoms with Crippen LogP contribution in [0.2, 0.25) is 5.02 Å². The lowest BCUT2D eigenvalue weighted by atomic mass is 9.98. The highest BCUT2D eigenvalue weighted by atomic mass is 35.5. The molecule has 0 atom stereocenters. The molecule has 4 rings (SSSR count). The van der Waals surface area contributed by atoms with Crippen molar-refractivity contribution in [3.8, 4) is 0 Å². The maximum Gasteiger partial charge on any atom is 0.419 e. The Morgan fingerprint density at radius 2 is 1.68 bits per heavy atom. The highest BCUT2D eigenvalue weighted by molar-refractivity contribution is 7.89. The molecule has 3 aromatic rings. The minimum Gasteiger partial charge on any atom is -0.324 e. The van der Waals surface area contributed by atoms with Crippen LogP contribution in [-0.4, -0.2) is 25.2 Å². The van der Waals surface area contributed by atoms with Gasteiger partial charge in [-0.3, -0.25) is 4.79 Å². The fraction of sp³-hybridized carbons (Fsp3) is 0.208. The van der Waals surface area contributed by atoms with Gasteiger partial charge < -0.3 is 5.32 Å². The molecule has 0 aliphatic carbocycles. The van der Waals surface area contributed by atoms with Gasteiger partial charge in [-0.05, 0) is 53.4 Å². The van der Waals surface area contributed by atoms with Crippen LogP contribution in [0.1, 0.15) is 22.3 Å². The van der Waals surface area contributed by atoms with Crippen molar-refractivity contribution >= 4 is 33.2 Å². The van der Waals surface area contributed by atoms with Gasteiger partial charge in [0.2, 0.25) is 15.9 Å². The minimum atomic E-state index is -4.87. The first-order valence-electron chi connectivity index (χ1n) is 10.7. The number of sulfonamides is 1. The summed E-state index contributed by atoms with van der Waals surface area (Å²) in [5.41, 5.74) is -0.392. The zero-order valence-corrected chi connectivity index (χ0v) is 20.2. The Morgan fingerprint density at radius 3 is 2.30 bits per heavy atom. The Kier molecular flexibility index (Phi) is 7.28. The second kappa shape index (κ2) is 9.99. The Balaban J connectivity index is 1.55. The molecule has 0 radical (unpaired) electrons. The summed E-state index contributed by atoms with van der Waals surface area (Å²) in [5.74, 6) is -4.66. The number of fused-ring (bicyclic) bond motifs is 1. The van der Waals surface area contributed by atoms with Gasteiger partial charge in [-0.15, -0.1) is 0 Å². The molecule has 0 bridgehead atoms. The van der Waals surface area contributed by atoms with Crippen LogP contribution in [0.3, 0.4) is 0 Å². The van der Waals surface area contributed by atoms with Gasteiger partial charge in [-0.1, -0.05) is 29.8 Å². The average Bonchev–Trinajstić information content (AvgIpc) is 2.79. The second-order valence-corrected chi connectivity index (χ2v) is 10.5. The van der Waals surface area contributed by atoms with Crippen LogP contribution in [0, 0.1) is 17.5 Å². The summed E-state index contributed by atoms with van der Waals surface area (Å²) in [6.45, 7) is -0.425. The van der Waals surface area contributed by atoms with Gasteiger partial charge in [0.1, 0.15) is 17.5 Å². The second-order valence-electron chi connectivity index (χ2n) is 8.24. The van der Waals surface area contributed by atoms with Crippen molar-refractivity contribution in [2.24, 2.45) is 0 Å². The van der Waals surface area contributed by atoms with E-state index in [4.69, 9.17) is 11.6 Å². The number of carbonyl (C=O) groups excluding carboxylic acids is 1. The molecule has 196 valence electrons. The minimum absolute atomic E-state index is 0.00639. The van der Waals surface area contributed by atoms with E-state index in [1.807, 2.05) is 0 Å². The first kappa shape index (κ1) is 27.0. The van der Waals surface area contributed by atoms with Crippen molar-refractivity contribution in [3.63, 3.8) is 0 Å². The molecule has 37 heavy (non-hydrogen) atoms. The molecule has 0 fully saturated rings. The van der Waals surface area contributed by atoms with Crippen LogP contribution < -0.4 is 5.32 Å². The van der Waals surface area contributed by atoms with Gasteiger partial charge in [-0.2, -0.15) is 17.5 Å². The summed E-state index contributed by atoms with van der Waals surface area (Å²) in [6, 6.07) is 7.78. The third kappa shape index (κ3) is 5.46. The smallest absolute Gasteiger partial charge is 0.324 e. The van der Waals surface area contributed by atoms with Crippen molar-refractivity contribution in [2.45, 2.75) is 30.5 Å². The number of alkyl halides is 3. The van der Waals surface area contributed by atoms with Crippen molar-refractivity contribution in [2.75, 3.05) is 11.9 Å². The standard InChI is InChI=1S/C24H17ClF6N2O3S/c25-17-7-5-14-12-33(37(35,36)23-18(26)2-1-3-19(23)27)9-8-15(14)22(17)32-21(34)11-13-4-6-16(20(28)10-13)24(29,30)31/h1-7,10H,8-9,11-12H2,(H,32,34). The zero-order chi connectivity index (χ0) is 27.1. The van der Waals surface area contributed by atoms with Gasteiger partial charge >= 0.3 is 6.18 Å². The number of carbonyl (C=O) groups is 1. The molecule has 0 aromatic heterocycles. The quantitative estimate of drug-likeness (QED) is 0.406. The number of hydrogen-bond acceptors (Lipinski definition) is 3. The summed E-state index contributed by atoms with van der Waals surface area (Å²) in [6.07, 6.45) is -5.29. The van der Waals surface area contributed by atoms with Crippen LogP contribution >= 0.6 is 11.6 Å². The molecule has 1 heterocycles. The molecule has 1 aliphatic rings. The SMILES string of the molecule is O=C(Cc1ccc(C(F)(F)F)c(F)c1)Nc1c(Cl)ccc2c1CCN(S(=O)(=O)c1c(F)cccc1F)C2. The predicted molar refractivity (Wildman–Crippen MR) is 123 cm³/mol. The monoisotopic (exact) mass is 562 g/mol. The number of anilines is 1. The molecule has 1 amide bonds. The molecular formula is C24H17ClF6N2O3S. The van der Waals surface area contributed by atoms with E-state index in [0.717, 1.165) is 28.6 Å². The number of amides is 1. The third-order valence-corrected chi connectivity index (χ3v) is 8.01. The van der Waals surface area contributed by atoms with Crippen molar-refractivity contribution in [3.05, 3.63) is 93.3 Å². The van der Waals surface area contributed by atoms with Gasteiger partial charge in [0, 0.05) is 13.1 Å². The topological polar surface area (TPSA) is 66.5 Å². The van der Waals surface area contributed by atoms with E-state index < -0.39 is 56.4 Å². The summed E-state index contributed by atoms with van der Waals surface area (Å²) < 4.78 is 107. The van der Waals surface area contributed by atoms with E-state index in [1.54, 1.807) is 0 Å². The normalized spacial score (nSPS) is 14.4. The largest absolute Gasteiger partial charge is 0.419 e. The molecule has 5 nitrogen and oxygen atoms in total. The molecular weight excluding hydrogens is 546 g/mol. The number of rotatable bonds is 5. The number of benzene rings is 3. The maximum absolute atomic E-state index is 14.2. The van der Waals surface area contributed by atoms with Crippen LogP contribution in [-0.2, 0) is 40.4 Å². The Bertz CT molecular complexity index is 1470. The Morgan fingerprint density at radius 1 is 1.00 bits per heavy atom. The van der Waals surface area contributed by atoms with E-state index in [-0.39, 0.29) is 35.8 Å². The Hall–Kier alpha value is -3.09. The van der Waals surface area contributed by atoms with Crippen LogP contribution in [0.25, 0.3) is 0 Å². The van der Waals surface area contributed by atoms with E-state index in [1.165, 1.54) is 12.1 Å². The average molecular weight is 563 g/mol. The summed E-state index contributed by atoms with van der Waals surface area (Å²) >= 11 is 6.24. The van der Waals surface area contributed by atoms with Crippen LogP contribution in [0.4, 0.5) is 32.0 Å². The molecule has 1 aliphatic heterocycles. The third-order valence-electron chi connectivity index (χ3n) is 5.80. The molecule has 3 aromatic carbocycles. The van der Waals surface area contributed by atoms with Gasteiger partial charge in [0.25, 0.3) is 0 Å². The summed E-state index contributed by atoms with van der Waals surface area (Å²) in [7, 11) is -4.52. The number of nitrogens with zero attached hydrogens (tertiary/aromatic N) is 1. The van der Waals surface area contributed by atoms with Crippen molar-refractivity contribution in [1.29, 1.82) is 0 Å². The van der Waals surface area contributed by atoms with Gasteiger partial charge in [-0.25, -0.2) is 21.6 Å². The fourth-order valence-electron chi connectivity index (χ4n) is 4.07. The molecule has 0 saturated carbocycles. The molecule has 0 spiro atoms. The number of hydrogen-bond donors (Lipinski definition) is 1.